The topological polar surface area (TPSA) is 67.6 Å². The molecule has 6 heteroatoms. The molecule has 2 aliphatic rings. The first-order chi connectivity index (χ1) is 10.2. The van der Waals surface area contributed by atoms with Gasteiger partial charge in [0.2, 0.25) is 0 Å². The number of piperidine rings is 1. The number of likely N-dealkylation sites (tertiary alicyclic amines) is 1. The Balaban J connectivity index is 1.41. The van der Waals surface area contributed by atoms with Crippen LogP contribution in [-0.2, 0) is 4.74 Å². The predicted molar refractivity (Wildman–Crippen MR) is 77.1 cm³/mol. The molecule has 0 aromatic carbocycles. The molecule has 0 unspecified atom stereocenters. The Hall–Kier alpha value is -1.40. The smallest absolute Gasteiger partial charge is 0.256 e. The molecule has 3 rings (SSSR count). The zero-order chi connectivity index (χ0) is 14.7. The Morgan fingerprint density at radius 2 is 2.24 bits per heavy atom. The number of hydrogen-bond donors (Lipinski definition) is 1. The molecule has 0 radical (unpaired) electrons. The minimum Gasteiger partial charge on any atom is -0.380 e. The Morgan fingerprint density at radius 1 is 1.43 bits per heavy atom. The number of nitrogens with one attached hydrogen (secondary N) is 1. The van der Waals surface area contributed by atoms with E-state index in [0.717, 1.165) is 52.1 Å². The fraction of sp³-hybridized carbons (Fsp3) is 0.733. The minimum atomic E-state index is -0.0830. The lowest BCUT2D eigenvalue weighted by Crippen LogP contribution is -2.44. The Labute approximate surface area is 124 Å². The molecule has 2 aliphatic heterocycles. The Kier molecular flexibility index (Phi) is 4.55. The van der Waals surface area contributed by atoms with E-state index < -0.39 is 0 Å². The number of carbonyl (C=O) groups excluding carboxylic acids is 1. The highest BCUT2D eigenvalue weighted by atomic mass is 16.5. The number of aryl methyl sites for hydroxylation is 1. The molecule has 0 saturated carbocycles. The molecule has 0 aliphatic carbocycles. The maximum atomic E-state index is 12.0. The first-order valence-corrected chi connectivity index (χ1v) is 7.75. The van der Waals surface area contributed by atoms with Gasteiger partial charge in [0, 0.05) is 19.2 Å². The quantitative estimate of drug-likeness (QED) is 0.904. The minimum absolute atomic E-state index is 0.0830. The number of ether oxygens (including phenoxy) is 1. The van der Waals surface area contributed by atoms with Crippen molar-refractivity contribution in [3.8, 4) is 0 Å². The van der Waals surface area contributed by atoms with Crippen molar-refractivity contribution in [1.29, 1.82) is 0 Å². The van der Waals surface area contributed by atoms with E-state index in [0.29, 0.717) is 23.3 Å². The molecular weight excluding hydrogens is 270 g/mol. The van der Waals surface area contributed by atoms with Gasteiger partial charge in [-0.05, 0) is 45.2 Å². The first kappa shape index (κ1) is 14.5. The van der Waals surface area contributed by atoms with Crippen LogP contribution in [-0.4, -0.2) is 54.9 Å². The van der Waals surface area contributed by atoms with Crippen LogP contribution in [0.5, 0.6) is 0 Å². The van der Waals surface area contributed by atoms with Crippen LogP contribution in [0.3, 0.4) is 0 Å². The fourth-order valence-electron chi connectivity index (χ4n) is 3.18. The molecule has 3 heterocycles. The summed E-state index contributed by atoms with van der Waals surface area (Å²) < 4.78 is 10.4. The van der Waals surface area contributed by atoms with Gasteiger partial charge in [-0.2, -0.15) is 0 Å². The van der Waals surface area contributed by atoms with Gasteiger partial charge in [-0.25, -0.2) is 0 Å². The average molecular weight is 293 g/mol. The number of aromatic nitrogens is 1. The van der Waals surface area contributed by atoms with Crippen LogP contribution in [0.4, 0.5) is 0 Å². The van der Waals surface area contributed by atoms with Gasteiger partial charge in [0.1, 0.15) is 11.3 Å². The van der Waals surface area contributed by atoms with Gasteiger partial charge in [0.05, 0.1) is 12.8 Å². The average Bonchev–Trinajstić information content (AvgIpc) is 3.16. The third-order valence-electron chi connectivity index (χ3n) is 4.62. The molecule has 1 atom stereocenters. The summed E-state index contributed by atoms with van der Waals surface area (Å²) >= 11 is 0. The van der Waals surface area contributed by atoms with Crippen molar-refractivity contribution < 1.29 is 14.1 Å². The summed E-state index contributed by atoms with van der Waals surface area (Å²) in [6, 6.07) is 0.611. The largest absolute Gasteiger partial charge is 0.380 e. The summed E-state index contributed by atoms with van der Waals surface area (Å²) in [5.74, 6) is 1.05. The third kappa shape index (κ3) is 3.44. The van der Waals surface area contributed by atoms with E-state index in [9.17, 15) is 4.79 Å². The van der Waals surface area contributed by atoms with Crippen molar-refractivity contribution in [1.82, 2.24) is 15.4 Å². The SMILES string of the molecule is Cc1oncc1C(=O)NCC1CCN([C@@H]2CCOC2)CC1. The van der Waals surface area contributed by atoms with Crippen LogP contribution >= 0.6 is 0 Å². The number of rotatable bonds is 4. The molecule has 0 bridgehead atoms. The van der Waals surface area contributed by atoms with Gasteiger partial charge in [0.25, 0.3) is 5.91 Å². The highest BCUT2D eigenvalue weighted by molar-refractivity contribution is 5.94. The monoisotopic (exact) mass is 293 g/mol. The summed E-state index contributed by atoms with van der Waals surface area (Å²) in [7, 11) is 0. The highest BCUT2D eigenvalue weighted by Gasteiger charge is 2.27. The van der Waals surface area contributed by atoms with Gasteiger partial charge >= 0.3 is 0 Å². The standard InChI is InChI=1S/C15H23N3O3/c1-11-14(9-17-21-11)15(19)16-8-12-2-5-18(6-3-12)13-4-7-20-10-13/h9,12-13H,2-8,10H2,1H3,(H,16,19)/t13-/m1/s1. The second-order valence-electron chi connectivity index (χ2n) is 6.00. The Morgan fingerprint density at radius 3 is 2.86 bits per heavy atom. The van der Waals surface area contributed by atoms with Crippen LogP contribution in [0.25, 0.3) is 0 Å². The summed E-state index contributed by atoms with van der Waals surface area (Å²) in [6.07, 6.45) is 4.92. The number of hydrogen-bond acceptors (Lipinski definition) is 5. The van der Waals surface area contributed by atoms with Crippen LogP contribution < -0.4 is 5.32 Å². The number of amides is 1. The fourth-order valence-corrected chi connectivity index (χ4v) is 3.18. The van der Waals surface area contributed by atoms with E-state index in [1.165, 1.54) is 6.20 Å². The van der Waals surface area contributed by atoms with E-state index in [4.69, 9.17) is 9.26 Å². The lowest BCUT2D eigenvalue weighted by molar-refractivity contribution is 0.0910. The first-order valence-electron chi connectivity index (χ1n) is 7.75. The molecule has 1 aromatic heterocycles. The second-order valence-corrected chi connectivity index (χ2v) is 6.00. The molecule has 1 amide bonds. The van der Waals surface area contributed by atoms with Crippen LogP contribution in [0, 0.1) is 12.8 Å². The molecule has 0 spiro atoms. The third-order valence-corrected chi connectivity index (χ3v) is 4.62. The lowest BCUT2D eigenvalue weighted by Gasteiger charge is -2.35. The van der Waals surface area contributed by atoms with Crippen molar-refractivity contribution in [2.24, 2.45) is 5.92 Å². The van der Waals surface area contributed by atoms with E-state index in [1.54, 1.807) is 6.92 Å². The maximum absolute atomic E-state index is 12.0. The van der Waals surface area contributed by atoms with Gasteiger partial charge in [0.15, 0.2) is 0 Å². The zero-order valence-corrected chi connectivity index (χ0v) is 12.5. The van der Waals surface area contributed by atoms with Gasteiger partial charge in [-0.3, -0.25) is 9.69 Å². The van der Waals surface area contributed by atoms with Crippen molar-refractivity contribution in [2.45, 2.75) is 32.2 Å². The summed E-state index contributed by atoms with van der Waals surface area (Å²) in [5.41, 5.74) is 0.538. The normalized spacial score (nSPS) is 24.3. The van der Waals surface area contributed by atoms with E-state index >= 15 is 0 Å². The van der Waals surface area contributed by atoms with E-state index in [1.807, 2.05) is 0 Å². The van der Waals surface area contributed by atoms with Crippen LogP contribution in [0.15, 0.2) is 10.7 Å². The van der Waals surface area contributed by atoms with Gasteiger partial charge in [-0.1, -0.05) is 5.16 Å². The molecule has 6 nitrogen and oxygen atoms in total. The summed E-state index contributed by atoms with van der Waals surface area (Å²) in [4.78, 5) is 14.5. The zero-order valence-electron chi connectivity index (χ0n) is 12.5. The van der Waals surface area contributed by atoms with Gasteiger partial charge in [-0.15, -0.1) is 0 Å². The summed E-state index contributed by atoms with van der Waals surface area (Å²) in [6.45, 7) is 6.50. The lowest BCUT2D eigenvalue weighted by atomic mass is 9.95. The maximum Gasteiger partial charge on any atom is 0.256 e. The molecule has 1 N–H and O–H groups in total. The van der Waals surface area contributed by atoms with Crippen LogP contribution in [0.1, 0.15) is 35.4 Å². The van der Waals surface area contributed by atoms with Gasteiger partial charge < -0.3 is 14.6 Å². The van der Waals surface area contributed by atoms with E-state index in [-0.39, 0.29) is 5.91 Å². The van der Waals surface area contributed by atoms with Crippen molar-refractivity contribution in [3.05, 3.63) is 17.5 Å². The number of carbonyl (C=O) groups is 1. The molecule has 2 fully saturated rings. The van der Waals surface area contributed by atoms with Crippen molar-refractivity contribution in [3.63, 3.8) is 0 Å². The van der Waals surface area contributed by atoms with E-state index in [2.05, 4.69) is 15.4 Å². The highest BCUT2D eigenvalue weighted by Crippen LogP contribution is 2.22. The molecular formula is C15H23N3O3. The van der Waals surface area contributed by atoms with Crippen LogP contribution in [0.2, 0.25) is 0 Å². The molecule has 2 saturated heterocycles. The number of nitrogens with zero attached hydrogens (tertiary/aromatic N) is 2. The molecule has 116 valence electrons. The molecule has 21 heavy (non-hydrogen) atoms. The Bertz CT molecular complexity index is 474. The predicted octanol–water partition coefficient (Wildman–Crippen LogP) is 1.21. The summed E-state index contributed by atoms with van der Waals surface area (Å²) in [5, 5.41) is 6.64. The van der Waals surface area contributed by atoms with Crippen molar-refractivity contribution in [2.75, 3.05) is 32.8 Å². The molecule has 1 aromatic rings. The second kappa shape index (κ2) is 6.58. The van der Waals surface area contributed by atoms with Crippen molar-refractivity contribution >= 4 is 5.91 Å².